The lowest BCUT2D eigenvalue weighted by atomic mass is 10.1. The molecule has 0 aliphatic carbocycles. The molecule has 0 fully saturated rings. The van der Waals surface area contributed by atoms with Crippen LogP contribution < -0.4 is 5.73 Å². The number of hydrogen-bond donors (Lipinski definition) is 1. The minimum atomic E-state index is 0.577. The smallest absolute Gasteiger partial charge is 0.124 e. The summed E-state index contributed by atoms with van der Waals surface area (Å²) in [6.07, 6.45) is 0. The second-order valence-corrected chi connectivity index (χ2v) is 2.93. The van der Waals surface area contributed by atoms with Crippen molar-refractivity contribution >= 4 is 16.7 Å². The summed E-state index contributed by atoms with van der Waals surface area (Å²) in [5, 5.41) is 1.13. The van der Waals surface area contributed by atoms with Gasteiger partial charge in [-0.1, -0.05) is 12.1 Å². The number of hydrogen-bond acceptors (Lipinski definition) is 2. The van der Waals surface area contributed by atoms with Crippen molar-refractivity contribution in [1.29, 1.82) is 0 Å². The van der Waals surface area contributed by atoms with Gasteiger partial charge in [0.1, 0.15) is 5.82 Å². The average molecular weight is 158 g/mol. The van der Waals surface area contributed by atoms with Crippen molar-refractivity contribution in [2.75, 3.05) is 5.73 Å². The number of nitrogens with two attached hydrogens (primary N) is 1. The van der Waals surface area contributed by atoms with Crippen LogP contribution in [0.3, 0.4) is 0 Å². The quantitative estimate of drug-likeness (QED) is 0.637. The molecule has 2 aromatic rings. The van der Waals surface area contributed by atoms with E-state index in [1.807, 2.05) is 25.1 Å². The van der Waals surface area contributed by atoms with Gasteiger partial charge < -0.3 is 5.73 Å². The molecule has 1 aromatic carbocycles. The van der Waals surface area contributed by atoms with Gasteiger partial charge in [-0.15, -0.1) is 0 Å². The van der Waals surface area contributed by atoms with Gasteiger partial charge in [0.05, 0.1) is 5.52 Å². The Balaban J connectivity index is 2.80. The van der Waals surface area contributed by atoms with Crippen molar-refractivity contribution in [2.45, 2.75) is 6.92 Å². The standard InChI is InChI=1S/C10H10N2/c1-7-2-3-8-4-5-10(11)12-9(8)6-7/h2-6H,1H3,(H2,11,12). The number of aromatic nitrogens is 1. The third kappa shape index (κ3) is 1.11. The molecule has 0 amide bonds. The van der Waals surface area contributed by atoms with Crippen molar-refractivity contribution < 1.29 is 0 Å². The van der Waals surface area contributed by atoms with E-state index >= 15 is 0 Å². The first-order chi connectivity index (χ1) is 5.75. The molecule has 2 N–H and O–H groups in total. The third-order valence-corrected chi connectivity index (χ3v) is 1.87. The molecule has 0 aliphatic heterocycles. The van der Waals surface area contributed by atoms with Crippen molar-refractivity contribution in [3.05, 3.63) is 35.9 Å². The van der Waals surface area contributed by atoms with Gasteiger partial charge in [-0.25, -0.2) is 4.98 Å². The zero-order chi connectivity index (χ0) is 8.55. The predicted molar refractivity (Wildman–Crippen MR) is 50.9 cm³/mol. The minimum absolute atomic E-state index is 0.577. The molecule has 0 spiro atoms. The number of anilines is 1. The highest BCUT2D eigenvalue weighted by atomic mass is 14.8. The molecule has 2 rings (SSSR count). The van der Waals surface area contributed by atoms with Crippen LogP contribution in [0.25, 0.3) is 10.9 Å². The fourth-order valence-electron chi connectivity index (χ4n) is 1.24. The maximum Gasteiger partial charge on any atom is 0.124 e. The summed E-state index contributed by atoms with van der Waals surface area (Å²) in [7, 11) is 0. The Labute approximate surface area is 71.0 Å². The third-order valence-electron chi connectivity index (χ3n) is 1.87. The van der Waals surface area contributed by atoms with Gasteiger partial charge in [-0.05, 0) is 30.7 Å². The largest absolute Gasteiger partial charge is 0.384 e. The molecule has 0 bridgehead atoms. The van der Waals surface area contributed by atoms with E-state index in [1.165, 1.54) is 5.56 Å². The second kappa shape index (κ2) is 2.48. The van der Waals surface area contributed by atoms with E-state index in [0.29, 0.717) is 5.82 Å². The van der Waals surface area contributed by atoms with Gasteiger partial charge in [-0.3, -0.25) is 0 Å². The fraction of sp³-hybridized carbons (Fsp3) is 0.100. The first kappa shape index (κ1) is 7.10. The van der Waals surface area contributed by atoms with Gasteiger partial charge in [0.15, 0.2) is 0 Å². The first-order valence-corrected chi connectivity index (χ1v) is 3.88. The highest BCUT2D eigenvalue weighted by molar-refractivity contribution is 5.80. The van der Waals surface area contributed by atoms with Crippen LogP contribution >= 0.6 is 0 Å². The number of benzene rings is 1. The zero-order valence-electron chi connectivity index (χ0n) is 6.91. The molecular formula is C10H10N2. The molecule has 0 saturated heterocycles. The van der Waals surface area contributed by atoms with Crippen LogP contribution in [-0.4, -0.2) is 4.98 Å². The molecule has 12 heavy (non-hydrogen) atoms. The molecular weight excluding hydrogens is 148 g/mol. The molecule has 1 heterocycles. The minimum Gasteiger partial charge on any atom is -0.384 e. The van der Waals surface area contributed by atoms with Crippen LogP contribution in [0.4, 0.5) is 5.82 Å². The number of rotatable bonds is 0. The van der Waals surface area contributed by atoms with Crippen LogP contribution in [0.5, 0.6) is 0 Å². The van der Waals surface area contributed by atoms with Crippen LogP contribution in [0.2, 0.25) is 0 Å². The Kier molecular flexibility index (Phi) is 1.47. The van der Waals surface area contributed by atoms with E-state index in [-0.39, 0.29) is 0 Å². The monoisotopic (exact) mass is 158 g/mol. The molecule has 0 radical (unpaired) electrons. The molecule has 0 unspecified atom stereocenters. The van der Waals surface area contributed by atoms with E-state index in [4.69, 9.17) is 5.73 Å². The Morgan fingerprint density at radius 1 is 1.17 bits per heavy atom. The molecule has 1 aromatic heterocycles. The van der Waals surface area contributed by atoms with Crippen LogP contribution in [0.1, 0.15) is 5.56 Å². The van der Waals surface area contributed by atoms with Crippen LogP contribution in [0.15, 0.2) is 30.3 Å². The van der Waals surface area contributed by atoms with Crippen LogP contribution in [-0.2, 0) is 0 Å². The van der Waals surface area contributed by atoms with Crippen molar-refractivity contribution in [2.24, 2.45) is 0 Å². The van der Waals surface area contributed by atoms with E-state index in [9.17, 15) is 0 Å². The van der Waals surface area contributed by atoms with E-state index in [1.54, 1.807) is 0 Å². The Bertz CT molecular complexity index is 384. The maximum absolute atomic E-state index is 5.56. The van der Waals surface area contributed by atoms with Crippen molar-refractivity contribution in [1.82, 2.24) is 4.98 Å². The van der Waals surface area contributed by atoms with Gasteiger partial charge >= 0.3 is 0 Å². The number of pyridine rings is 1. The number of fused-ring (bicyclic) bond motifs is 1. The molecule has 2 heteroatoms. The van der Waals surface area contributed by atoms with E-state index in [0.717, 1.165) is 10.9 Å². The van der Waals surface area contributed by atoms with Gasteiger partial charge in [-0.2, -0.15) is 0 Å². The van der Waals surface area contributed by atoms with Crippen molar-refractivity contribution in [3.63, 3.8) is 0 Å². The summed E-state index contributed by atoms with van der Waals surface area (Å²) in [5.74, 6) is 0.577. The molecule has 60 valence electrons. The van der Waals surface area contributed by atoms with Gasteiger partial charge in [0, 0.05) is 5.39 Å². The van der Waals surface area contributed by atoms with Crippen molar-refractivity contribution in [3.8, 4) is 0 Å². The number of nitrogen functional groups attached to an aromatic ring is 1. The summed E-state index contributed by atoms with van der Waals surface area (Å²) >= 11 is 0. The number of aryl methyl sites for hydroxylation is 1. The summed E-state index contributed by atoms with van der Waals surface area (Å²) in [4.78, 5) is 4.21. The van der Waals surface area contributed by atoms with Gasteiger partial charge in [0.2, 0.25) is 0 Å². The SMILES string of the molecule is Cc1ccc2ccc(N)nc2c1. The lowest BCUT2D eigenvalue weighted by Crippen LogP contribution is -1.89. The Hall–Kier alpha value is -1.57. The van der Waals surface area contributed by atoms with E-state index < -0.39 is 0 Å². The highest BCUT2D eigenvalue weighted by Crippen LogP contribution is 2.14. The predicted octanol–water partition coefficient (Wildman–Crippen LogP) is 2.13. The second-order valence-electron chi connectivity index (χ2n) is 2.93. The molecule has 0 aliphatic rings. The first-order valence-electron chi connectivity index (χ1n) is 3.88. The maximum atomic E-state index is 5.56. The Morgan fingerprint density at radius 3 is 2.75 bits per heavy atom. The summed E-state index contributed by atoms with van der Waals surface area (Å²) in [6.45, 7) is 2.05. The molecule has 0 saturated carbocycles. The average Bonchev–Trinajstić information content (AvgIpc) is 2.03. The fourth-order valence-corrected chi connectivity index (χ4v) is 1.24. The highest BCUT2D eigenvalue weighted by Gasteiger charge is 1.94. The van der Waals surface area contributed by atoms with E-state index in [2.05, 4.69) is 17.1 Å². The summed E-state index contributed by atoms with van der Waals surface area (Å²) < 4.78 is 0. The zero-order valence-corrected chi connectivity index (χ0v) is 6.91. The topological polar surface area (TPSA) is 38.9 Å². The summed E-state index contributed by atoms with van der Waals surface area (Å²) in [6, 6.07) is 9.96. The normalized spacial score (nSPS) is 10.4. The lowest BCUT2D eigenvalue weighted by Gasteiger charge is -1.98. The Morgan fingerprint density at radius 2 is 1.92 bits per heavy atom. The summed E-state index contributed by atoms with van der Waals surface area (Å²) in [5.41, 5.74) is 7.74. The molecule has 2 nitrogen and oxygen atoms in total. The van der Waals surface area contributed by atoms with Crippen LogP contribution in [0, 0.1) is 6.92 Å². The van der Waals surface area contributed by atoms with Gasteiger partial charge in [0.25, 0.3) is 0 Å². The number of nitrogens with zero attached hydrogens (tertiary/aromatic N) is 1. The molecule has 0 atom stereocenters. The lowest BCUT2D eigenvalue weighted by molar-refractivity contribution is 1.39.